The van der Waals surface area contributed by atoms with Crippen LogP contribution in [0.25, 0.3) is 22.6 Å². The lowest BCUT2D eigenvalue weighted by Crippen LogP contribution is -2.14. The number of benzene rings is 1. The smallest absolute Gasteiger partial charge is 0.236 e. The summed E-state index contributed by atoms with van der Waals surface area (Å²) in [6.07, 6.45) is 0. The number of carbonyl (C=O) groups excluding carboxylic acids is 1. The van der Waals surface area contributed by atoms with Crippen LogP contribution in [0.3, 0.4) is 0 Å². The quantitative estimate of drug-likeness (QED) is 0.371. The second kappa shape index (κ2) is 9.11. The van der Waals surface area contributed by atoms with Gasteiger partial charge in [0.2, 0.25) is 5.91 Å². The largest absolute Gasteiger partial charge is 0.305 e. The monoisotopic (exact) mass is 455 g/mol. The van der Waals surface area contributed by atoms with Gasteiger partial charge in [-0.25, -0.2) is 4.98 Å². The van der Waals surface area contributed by atoms with Crippen LogP contribution < -0.4 is 5.32 Å². The van der Waals surface area contributed by atoms with Crippen LogP contribution in [0, 0.1) is 0 Å². The van der Waals surface area contributed by atoms with Gasteiger partial charge in [-0.15, -0.1) is 32.9 Å². The predicted octanol–water partition coefficient (Wildman–Crippen LogP) is 5.52. The molecular formula is C21H21N5OS3. The number of thioether (sulfide) groups is 1. The maximum absolute atomic E-state index is 12.4. The molecule has 30 heavy (non-hydrogen) atoms. The van der Waals surface area contributed by atoms with Gasteiger partial charge in [0.05, 0.1) is 11.4 Å². The van der Waals surface area contributed by atoms with E-state index in [1.54, 1.807) is 11.3 Å². The zero-order valence-corrected chi connectivity index (χ0v) is 19.3. The molecule has 0 saturated heterocycles. The maximum atomic E-state index is 12.4. The zero-order valence-electron chi connectivity index (χ0n) is 16.8. The molecule has 0 radical (unpaired) electrons. The zero-order chi connectivity index (χ0) is 21.1. The molecule has 0 atom stereocenters. The van der Waals surface area contributed by atoms with Gasteiger partial charge in [0.15, 0.2) is 16.1 Å². The molecule has 0 saturated carbocycles. The summed E-state index contributed by atoms with van der Waals surface area (Å²) in [5.74, 6) is 1.43. The van der Waals surface area contributed by atoms with Crippen molar-refractivity contribution in [1.29, 1.82) is 0 Å². The molecule has 4 rings (SSSR count). The van der Waals surface area contributed by atoms with Crippen molar-refractivity contribution in [2.75, 3.05) is 11.1 Å². The Labute approximate surface area is 187 Å². The molecule has 0 bridgehead atoms. The lowest BCUT2D eigenvalue weighted by molar-refractivity contribution is -0.113. The normalized spacial score (nSPS) is 11.2. The van der Waals surface area contributed by atoms with Crippen molar-refractivity contribution in [3.05, 3.63) is 52.0 Å². The van der Waals surface area contributed by atoms with Gasteiger partial charge >= 0.3 is 0 Å². The highest BCUT2D eigenvalue weighted by Gasteiger charge is 2.15. The van der Waals surface area contributed by atoms with Crippen LogP contribution in [0.15, 0.2) is 52.3 Å². The molecule has 154 valence electrons. The number of nitrogens with one attached hydrogen (secondary N) is 1. The summed E-state index contributed by atoms with van der Waals surface area (Å²) in [5.41, 5.74) is 2.95. The fourth-order valence-corrected chi connectivity index (χ4v) is 5.17. The van der Waals surface area contributed by atoms with E-state index in [9.17, 15) is 4.79 Å². The molecule has 0 aliphatic carbocycles. The number of rotatable bonds is 7. The summed E-state index contributed by atoms with van der Waals surface area (Å²) < 4.78 is 1.93. The first-order valence-corrected chi connectivity index (χ1v) is 12.2. The van der Waals surface area contributed by atoms with Crippen LogP contribution in [-0.4, -0.2) is 31.4 Å². The summed E-state index contributed by atoms with van der Waals surface area (Å²) in [6, 6.07) is 12.1. The van der Waals surface area contributed by atoms with E-state index < -0.39 is 0 Å². The number of nitrogens with zero attached hydrogens (tertiary/aromatic N) is 4. The van der Waals surface area contributed by atoms with Gasteiger partial charge in [-0.05, 0) is 12.0 Å². The van der Waals surface area contributed by atoms with E-state index >= 15 is 0 Å². The third-order valence-corrected chi connectivity index (χ3v) is 7.45. The molecule has 3 aromatic heterocycles. The summed E-state index contributed by atoms with van der Waals surface area (Å²) in [7, 11) is 1.93. The van der Waals surface area contributed by atoms with Crippen LogP contribution in [0.4, 0.5) is 5.13 Å². The Kier molecular flexibility index (Phi) is 6.31. The second-order valence-electron chi connectivity index (χ2n) is 7.00. The highest BCUT2D eigenvalue weighted by molar-refractivity contribution is 7.99. The first-order chi connectivity index (χ1) is 14.5. The lowest BCUT2D eigenvalue weighted by Gasteiger charge is -2.03. The van der Waals surface area contributed by atoms with E-state index in [0.717, 1.165) is 22.6 Å². The van der Waals surface area contributed by atoms with Crippen molar-refractivity contribution in [1.82, 2.24) is 19.7 Å². The molecule has 1 aromatic carbocycles. The molecule has 0 aliphatic heterocycles. The Morgan fingerprint density at radius 1 is 1.13 bits per heavy atom. The van der Waals surface area contributed by atoms with Crippen LogP contribution in [0.2, 0.25) is 0 Å². The number of aromatic nitrogens is 4. The van der Waals surface area contributed by atoms with Gasteiger partial charge < -0.3 is 9.88 Å². The number of thiophene rings is 1. The van der Waals surface area contributed by atoms with Gasteiger partial charge in [0.25, 0.3) is 0 Å². The molecule has 3 heterocycles. The highest BCUT2D eigenvalue weighted by atomic mass is 32.2. The molecule has 0 unspecified atom stereocenters. The fraction of sp³-hybridized carbons (Fsp3) is 0.238. The topological polar surface area (TPSA) is 72.7 Å². The Morgan fingerprint density at radius 2 is 1.93 bits per heavy atom. The minimum Gasteiger partial charge on any atom is -0.305 e. The maximum Gasteiger partial charge on any atom is 0.236 e. The summed E-state index contributed by atoms with van der Waals surface area (Å²) in [4.78, 5) is 18.2. The molecule has 0 aliphatic rings. The minimum absolute atomic E-state index is 0.115. The first kappa shape index (κ1) is 20.8. The summed E-state index contributed by atoms with van der Waals surface area (Å²) in [6.45, 7) is 4.36. The SMILES string of the molecule is CC(C)c1cc(-c2nnc(SCC(=O)Nc3nc(-c4ccccc4)cs3)n2C)cs1. The van der Waals surface area contributed by atoms with Crippen molar-refractivity contribution >= 4 is 45.5 Å². The number of carbonyl (C=O) groups is 1. The molecule has 0 fully saturated rings. The standard InChI is InChI=1S/C21H21N5OS3/c1-13(2)17-9-15(10-28-17)19-24-25-21(26(19)3)30-12-18(27)23-20-22-16(11-29-20)14-7-5-4-6-8-14/h4-11,13H,12H2,1-3H3,(H,22,23,27). The number of anilines is 1. The lowest BCUT2D eigenvalue weighted by atomic mass is 10.1. The number of amides is 1. The van der Waals surface area contributed by atoms with Gasteiger partial charge in [0, 0.05) is 33.8 Å². The average Bonchev–Trinajstić information content (AvgIpc) is 3.47. The van der Waals surface area contributed by atoms with Crippen molar-refractivity contribution in [2.24, 2.45) is 7.05 Å². The van der Waals surface area contributed by atoms with Crippen LogP contribution in [0.1, 0.15) is 24.6 Å². The van der Waals surface area contributed by atoms with Crippen LogP contribution in [0.5, 0.6) is 0 Å². The molecule has 6 nitrogen and oxygen atoms in total. The van der Waals surface area contributed by atoms with Gasteiger partial charge in [-0.2, -0.15) is 0 Å². The van der Waals surface area contributed by atoms with E-state index in [-0.39, 0.29) is 11.7 Å². The number of thiazole rings is 1. The molecule has 4 aromatic rings. The molecule has 0 spiro atoms. The van der Waals surface area contributed by atoms with E-state index in [2.05, 4.69) is 45.8 Å². The van der Waals surface area contributed by atoms with Crippen LogP contribution >= 0.6 is 34.4 Å². The minimum atomic E-state index is -0.115. The molecular weight excluding hydrogens is 434 g/mol. The Hall–Kier alpha value is -2.49. The van der Waals surface area contributed by atoms with E-state index in [0.29, 0.717) is 16.2 Å². The summed E-state index contributed by atoms with van der Waals surface area (Å²) >= 11 is 4.52. The van der Waals surface area contributed by atoms with E-state index in [1.807, 2.05) is 47.3 Å². The van der Waals surface area contributed by atoms with Gasteiger partial charge in [0.1, 0.15) is 0 Å². The van der Waals surface area contributed by atoms with Gasteiger partial charge in [-0.1, -0.05) is 55.9 Å². The number of hydrogen-bond acceptors (Lipinski definition) is 7. The third-order valence-electron chi connectivity index (χ3n) is 4.43. The van der Waals surface area contributed by atoms with Crippen molar-refractivity contribution < 1.29 is 4.79 Å². The van der Waals surface area contributed by atoms with Gasteiger partial charge in [-0.3, -0.25) is 4.79 Å². The van der Waals surface area contributed by atoms with Crippen molar-refractivity contribution in [3.8, 4) is 22.6 Å². The second-order valence-corrected chi connectivity index (χ2v) is 9.74. The molecule has 9 heteroatoms. The number of hydrogen-bond donors (Lipinski definition) is 1. The van der Waals surface area contributed by atoms with Crippen molar-refractivity contribution in [2.45, 2.75) is 24.9 Å². The summed E-state index contributed by atoms with van der Waals surface area (Å²) in [5, 5.41) is 16.8. The Bertz CT molecular complexity index is 1150. The fourth-order valence-electron chi connectivity index (χ4n) is 2.82. The van der Waals surface area contributed by atoms with E-state index in [1.165, 1.54) is 28.0 Å². The third kappa shape index (κ3) is 4.63. The van der Waals surface area contributed by atoms with Crippen LogP contribution in [-0.2, 0) is 11.8 Å². The van der Waals surface area contributed by atoms with E-state index in [4.69, 9.17) is 0 Å². The Balaban J connectivity index is 1.36. The average molecular weight is 456 g/mol. The molecule has 1 N–H and O–H groups in total. The molecule has 1 amide bonds. The first-order valence-electron chi connectivity index (χ1n) is 9.43. The highest BCUT2D eigenvalue weighted by Crippen LogP contribution is 2.30. The predicted molar refractivity (Wildman–Crippen MR) is 125 cm³/mol. The van der Waals surface area contributed by atoms with Crippen molar-refractivity contribution in [3.63, 3.8) is 0 Å². The Morgan fingerprint density at radius 3 is 2.67 bits per heavy atom.